The zero-order chi connectivity index (χ0) is 19.6. The van der Waals surface area contributed by atoms with E-state index in [1.807, 2.05) is 55.7 Å². The van der Waals surface area contributed by atoms with Crippen molar-refractivity contribution in [3.8, 4) is 22.8 Å². The quantitative estimate of drug-likeness (QED) is 0.294. The Morgan fingerprint density at radius 2 is 1.32 bits per heavy atom. The Bertz CT molecular complexity index is 821. The molecule has 0 aromatic carbocycles. The molecule has 0 spiro atoms. The summed E-state index contributed by atoms with van der Waals surface area (Å²) in [5.74, 6) is 0. The standard InChI is InChI=1S/C24H27N3S/c1-19(28)11-5-3-2-4-6-12-20-17-23(21-13-7-9-15-25-21)27-24(18-20)22-14-8-10-16-26-22/h7-10,13-18H,2-6,11-12H2,1H3. The van der Waals surface area contributed by atoms with Crippen LogP contribution in [0.1, 0.15) is 51.0 Å². The van der Waals surface area contributed by atoms with Crippen molar-refractivity contribution in [2.75, 3.05) is 0 Å². The molecule has 0 saturated carbocycles. The molecule has 0 saturated heterocycles. The van der Waals surface area contributed by atoms with Crippen LogP contribution in [-0.2, 0) is 6.42 Å². The average molecular weight is 390 g/mol. The lowest BCUT2D eigenvalue weighted by Gasteiger charge is -2.09. The van der Waals surface area contributed by atoms with E-state index in [-0.39, 0.29) is 0 Å². The molecule has 0 N–H and O–H groups in total. The lowest BCUT2D eigenvalue weighted by molar-refractivity contribution is 0.623. The average Bonchev–Trinajstić information content (AvgIpc) is 2.74. The van der Waals surface area contributed by atoms with E-state index in [0.29, 0.717) is 0 Å². The molecule has 0 fully saturated rings. The van der Waals surface area contributed by atoms with Crippen LogP contribution in [-0.4, -0.2) is 19.8 Å². The molecule has 144 valence electrons. The van der Waals surface area contributed by atoms with Gasteiger partial charge in [0.1, 0.15) is 0 Å². The van der Waals surface area contributed by atoms with E-state index in [0.717, 1.165) is 40.5 Å². The van der Waals surface area contributed by atoms with Crippen LogP contribution in [0.4, 0.5) is 0 Å². The van der Waals surface area contributed by atoms with E-state index in [9.17, 15) is 0 Å². The van der Waals surface area contributed by atoms with Gasteiger partial charge >= 0.3 is 0 Å². The highest BCUT2D eigenvalue weighted by atomic mass is 32.1. The second kappa shape index (κ2) is 10.8. The fourth-order valence-electron chi connectivity index (χ4n) is 3.26. The van der Waals surface area contributed by atoms with Crippen LogP contribution in [0.3, 0.4) is 0 Å². The second-order valence-corrected chi connectivity index (χ2v) is 7.84. The van der Waals surface area contributed by atoms with Crippen molar-refractivity contribution < 1.29 is 0 Å². The molecule has 0 bridgehead atoms. The maximum absolute atomic E-state index is 5.15. The molecule has 0 radical (unpaired) electrons. The number of rotatable bonds is 10. The SMILES string of the molecule is CC(=S)CCCCCCCc1cc(-c2ccccn2)nc(-c2ccccn2)c1. The van der Waals surface area contributed by atoms with Gasteiger partial charge in [0, 0.05) is 12.4 Å². The largest absolute Gasteiger partial charge is 0.255 e. The number of nitrogens with zero attached hydrogens (tertiary/aromatic N) is 3. The molecule has 0 aliphatic rings. The van der Waals surface area contributed by atoms with E-state index in [2.05, 4.69) is 22.1 Å². The summed E-state index contributed by atoms with van der Waals surface area (Å²) in [6.07, 6.45) is 11.9. The van der Waals surface area contributed by atoms with E-state index < -0.39 is 0 Å². The molecule has 3 aromatic heterocycles. The van der Waals surface area contributed by atoms with Crippen LogP contribution < -0.4 is 0 Å². The minimum absolute atomic E-state index is 0.900. The monoisotopic (exact) mass is 389 g/mol. The molecule has 3 heterocycles. The first-order chi connectivity index (χ1) is 13.7. The third kappa shape index (κ3) is 6.31. The van der Waals surface area contributed by atoms with Crippen molar-refractivity contribution in [2.45, 2.75) is 51.9 Å². The Morgan fingerprint density at radius 1 is 0.750 bits per heavy atom. The van der Waals surface area contributed by atoms with E-state index >= 15 is 0 Å². The van der Waals surface area contributed by atoms with Crippen LogP contribution >= 0.6 is 12.2 Å². The number of aromatic nitrogens is 3. The van der Waals surface area contributed by atoms with Crippen molar-refractivity contribution in [1.29, 1.82) is 0 Å². The molecule has 3 rings (SSSR count). The first-order valence-electron chi connectivity index (χ1n) is 10.1. The summed E-state index contributed by atoms with van der Waals surface area (Å²) in [7, 11) is 0. The summed E-state index contributed by atoms with van der Waals surface area (Å²) >= 11 is 5.15. The summed E-state index contributed by atoms with van der Waals surface area (Å²) in [6.45, 7) is 2.04. The van der Waals surface area contributed by atoms with Gasteiger partial charge in [-0.1, -0.05) is 43.6 Å². The van der Waals surface area contributed by atoms with Gasteiger partial charge in [0.2, 0.25) is 0 Å². The molecule has 28 heavy (non-hydrogen) atoms. The zero-order valence-corrected chi connectivity index (χ0v) is 17.3. The van der Waals surface area contributed by atoms with Crippen molar-refractivity contribution in [1.82, 2.24) is 15.0 Å². The van der Waals surface area contributed by atoms with Gasteiger partial charge in [-0.05, 0) is 79.4 Å². The molecule has 0 aliphatic heterocycles. The Hall–Kier alpha value is -2.46. The molecular formula is C24H27N3S. The number of pyridine rings is 3. The smallest absolute Gasteiger partial charge is 0.0897 e. The summed E-state index contributed by atoms with van der Waals surface area (Å²) < 4.78 is 0. The van der Waals surface area contributed by atoms with Gasteiger partial charge in [-0.25, -0.2) is 4.98 Å². The Morgan fingerprint density at radius 3 is 1.86 bits per heavy atom. The number of aryl methyl sites for hydroxylation is 1. The zero-order valence-electron chi connectivity index (χ0n) is 16.5. The van der Waals surface area contributed by atoms with Gasteiger partial charge in [-0.15, -0.1) is 0 Å². The number of unbranched alkanes of at least 4 members (excludes halogenated alkanes) is 4. The number of thiocarbonyl (C=S) groups is 1. The number of hydrogen-bond donors (Lipinski definition) is 0. The van der Waals surface area contributed by atoms with Crippen molar-refractivity contribution in [2.24, 2.45) is 0 Å². The minimum Gasteiger partial charge on any atom is -0.255 e. The minimum atomic E-state index is 0.900. The molecular weight excluding hydrogens is 362 g/mol. The molecule has 0 atom stereocenters. The maximum atomic E-state index is 5.15. The Balaban J connectivity index is 1.69. The molecule has 0 unspecified atom stereocenters. The Labute approximate surface area is 173 Å². The van der Waals surface area contributed by atoms with E-state index in [1.165, 1.54) is 37.7 Å². The Kier molecular flexibility index (Phi) is 7.80. The molecule has 0 amide bonds. The molecule has 3 nitrogen and oxygen atoms in total. The lowest BCUT2D eigenvalue weighted by atomic mass is 10.0. The summed E-state index contributed by atoms with van der Waals surface area (Å²) in [5, 5.41) is 0. The third-order valence-electron chi connectivity index (χ3n) is 4.73. The second-order valence-electron chi connectivity index (χ2n) is 7.15. The first kappa shape index (κ1) is 20.3. The number of hydrogen-bond acceptors (Lipinski definition) is 4. The fraction of sp³-hybridized carbons (Fsp3) is 0.333. The summed E-state index contributed by atoms with van der Waals surface area (Å²) in [6, 6.07) is 16.2. The molecule has 4 heteroatoms. The van der Waals surface area contributed by atoms with Crippen LogP contribution in [0.2, 0.25) is 0 Å². The van der Waals surface area contributed by atoms with Crippen molar-refractivity contribution >= 4 is 17.1 Å². The van der Waals surface area contributed by atoms with Gasteiger partial charge in [0.15, 0.2) is 0 Å². The molecule has 3 aromatic rings. The van der Waals surface area contributed by atoms with Gasteiger partial charge < -0.3 is 0 Å². The highest BCUT2D eigenvalue weighted by molar-refractivity contribution is 7.80. The highest BCUT2D eigenvalue weighted by Gasteiger charge is 2.08. The maximum Gasteiger partial charge on any atom is 0.0897 e. The third-order valence-corrected chi connectivity index (χ3v) is 4.94. The normalized spacial score (nSPS) is 10.8. The van der Waals surface area contributed by atoms with Gasteiger partial charge in [0.05, 0.1) is 22.8 Å². The van der Waals surface area contributed by atoms with Gasteiger partial charge in [-0.2, -0.15) is 0 Å². The van der Waals surface area contributed by atoms with Crippen LogP contribution in [0.5, 0.6) is 0 Å². The summed E-state index contributed by atoms with van der Waals surface area (Å²) in [5.41, 5.74) is 4.92. The lowest BCUT2D eigenvalue weighted by Crippen LogP contribution is -1.96. The predicted octanol–water partition coefficient (Wildman–Crippen LogP) is 6.48. The fourth-order valence-corrected chi connectivity index (χ4v) is 3.40. The van der Waals surface area contributed by atoms with Gasteiger partial charge in [-0.3, -0.25) is 9.97 Å². The van der Waals surface area contributed by atoms with Crippen molar-refractivity contribution in [3.63, 3.8) is 0 Å². The topological polar surface area (TPSA) is 38.7 Å². The van der Waals surface area contributed by atoms with Crippen LogP contribution in [0.15, 0.2) is 60.9 Å². The van der Waals surface area contributed by atoms with Crippen LogP contribution in [0.25, 0.3) is 22.8 Å². The first-order valence-corrected chi connectivity index (χ1v) is 10.5. The predicted molar refractivity (Wildman–Crippen MR) is 120 cm³/mol. The van der Waals surface area contributed by atoms with E-state index in [1.54, 1.807) is 0 Å². The summed E-state index contributed by atoms with van der Waals surface area (Å²) in [4.78, 5) is 14.9. The molecule has 0 aliphatic carbocycles. The van der Waals surface area contributed by atoms with Crippen molar-refractivity contribution in [3.05, 3.63) is 66.5 Å². The highest BCUT2D eigenvalue weighted by Crippen LogP contribution is 2.23. The van der Waals surface area contributed by atoms with Gasteiger partial charge in [0.25, 0.3) is 0 Å². The van der Waals surface area contributed by atoms with E-state index in [4.69, 9.17) is 17.2 Å². The van der Waals surface area contributed by atoms with Crippen LogP contribution in [0, 0.1) is 0 Å².